The monoisotopic (exact) mass is 726 g/mol. The zero-order valence-electron chi connectivity index (χ0n) is 26.9. The van der Waals surface area contributed by atoms with Crippen molar-refractivity contribution in [3.63, 3.8) is 0 Å². The van der Waals surface area contributed by atoms with Gasteiger partial charge in [-0.3, -0.25) is 0 Å². The van der Waals surface area contributed by atoms with Gasteiger partial charge in [-0.1, -0.05) is 77.3 Å². The van der Waals surface area contributed by atoms with Crippen LogP contribution in [0.1, 0.15) is 54.5 Å². The minimum Gasteiger partial charge on any atom is -1.00 e. The lowest BCUT2D eigenvalue weighted by Gasteiger charge is -2.37. The highest BCUT2D eigenvalue weighted by Crippen LogP contribution is 2.37. The van der Waals surface area contributed by atoms with E-state index in [9.17, 15) is 8.42 Å². The molecule has 45 heavy (non-hydrogen) atoms. The number of hydrogen-bond donors (Lipinski definition) is 0. The summed E-state index contributed by atoms with van der Waals surface area (Å²) in [5.74, 6) is 0. The molecule has 0 saturated heterocycles. The van der Waals surface area contributed by atoms with E-state index in [0.717, 1.165) is 75.5 Å². The van der Waals surface area contributed by atoms with Crippen LogP contribution in [0.5, 0.6) is 0 Å². The number of fused-ring (bicyclic) bond motifs is 2. The summed E-state index contributed by atoms with van der Waals surface area (Å²) in [7, 11) is -3.74. The van der Waals surface area contributed by atoms with Gasteiger partial charge in [0.25, 0.3) is 10.0 Å². The van der Waals surface area contributed by atoms with E-state index in [4.69, 9.17) is 11.6 Å². The second-order valence-electron chi connectivity index (χ2n) is 12.2. The number of sulfonamides is 1. The molecule has 0 spiro atoms. The third-order valence-electron chi connectivity index (χ3n) is 9.03. The lowest BCUT2D eigenvalue weighted by Crippen LogP contribution is -3.00. The molecule has 0 atom stereocenters. The Balaban J connectivity index is 0.00000461. The fourth-order valence-electron chi connectivity index (χ4n) is 6.48. The van der Waals surface area contributed by atoms with Crippen molar-refractivity contribution in [1.82, 2.24) is 4.31 Å². The van der Waals surface area contributed by atoms with Gasteiger partial charge < -0.3 is 21.5 Å². The normalized spacial score (nSPS) is 12.2. The van der Waals surface area contributed by atoms with Gasteiger partial charge in [-0.2, -0.15) is 4.31 Å². The van der Waals surface area contributed by atoms with E-state index in [0.29, 0.717) is 22.3 Å². The van der Waals surface area contributed by atoms with E-state index in [1.54, 1.807) is 4.31 Å². The summed E-state index contributed by atoms with van der Waals surface area (Å²) in [5, 5.41) is 3.80. The number of hydrogen-bond acceptors (Lipinski definition) is 3. The molecule has 0 aliphatic rings. The van der Waals surface area contributed by atoms with Crippen LogP contribution in [-0.2, 0) is 23.1 Å². The van der Waals surface area contributed by atoms with Crippen LogP contribution < -0.4 is 17.0 Å². The maximum atomic E-state index is 14.4. The van der Waals surface area contributed by atoms with E-state index in [2.05, 4.69) is 76.2 Å². The number of rotatable bonds is 13. The van der Waals surface area contributed by atoms with Crippen molar-refractivity contribution in [1.29, 1.82) is 0 Å². The Bertz CT molecular complexity index is 1860. The summed E-state index contributed by atoms with van der Waals surface area (Å²) >= 11 is 7.63. The lowest BCUT2D eigenvalue weighted by molar-refractivity contribution is -0.938. The maximum absolute atomic E-state index is 14.4. The van der Waals surface area contributed by atoms with Crippen molar-refractivity contribution in [2.45, 2.75) is 64.8 Å². The van der Waals surface area contributed by atoms with Gasteiger partial charge in [0.2, 0.25) is 0 Å². The minimum atomic E-state index is -3.74. The van der Waals surface area contributed by atoms with Crippen LogP contribution in [0.15, 0.2) is 83.1 Å². The number of nitrogens with zero attached hydrogens (tertiary/aromatic N) is 2. The predicted molar refractivity (Wildman–Crippen MR) is 188 cm³/mol. The highest BCUT2D eigenvalue weighted by atomic mass is 79.9. The van der Waals surface area contributed by atoms with E-state index >= 15 is 0 Å². The Hall–Kier alpha value is -2.26. The Morgan fingerprint density at radius 3 is 2.18 bits per heavy atom. The summed E-state index contributed by atoms with van der Waals surface area (Å²) in [5.41, 5.74) is 5.76. The highest BCUT2D eigenvalue weighted by Gasteiger charge is 2.30. The molecule has 0 aliphatic carbocycles. The van der Waals surface area contributed by atoms with E-state index in [1.807, 2.05) is 37.3 Å². The molecular weight excluding hydrogens is 684 g/mol. The lowest BCUT2D eigenvalue weighted by atomic mass is 10.1. The SMILES string of the molecule is CC[N+](CC)(CCCCN(Cc1ccc2ccccc2c1)S(=O)(=O)c1sc2ccc(Cl)cc2c1C)Cc1cc(C)cc(C)c1.[Br-]. The molecule has 5 rings (SSSR count). The standard InChI is InChI=1S/C37H44ClN2O2S2.BrH/c1-6-40(7-2,26-31-21-27(3)20-28(4)22-31)19-11-10-18-39(25-30-14-15-32-12-8-9-13-33(32)23-30)44(41,42)37-29(5)35-24-34(38)16-17-36(35)43-37;/h8-9,12-17,20-24H,6-7,10-11,18-19,25-26H2,1-5H3;1H/q+1;/p-1. The average Bonchev–Trinajstić information content (AvgIpc) is 3.33. The molecule has 8 heteroatoms. The molecular formula is C37H44BrClN2O2S2. The molecule has 1 aromatic heterocycles. The van der Waals surface area contributed by atoms with E-state index < -0.39 is 10.0 Å². The molecule has 240 valence electrons. The van der Waals surface area contributed by atoms with Gasteiger partial charge in [-0.15, -0.1) is 11.3 Å². The quantitative estimate of drug-likeness (QED) is 0.101. The summed E-state index contributed by atoms with van der Waals surface area (Å²) in [6.45, 7) is 15.7. The van der Waals surface area contributed by atoms with Crippen molar-refractivity contribution >= 4 is 53.8 Å². The van der Waals surface area contributed by atoms with Crippen molar-refractivity contribution in [3.05, 3.63) is 112 Å². The number of thiophene rings is 1. The van der Waals surface area contributed by atoms with Crippen LogP contribution in [0.3, 0.4) is 0 Å². The summed E-state index contributed by atoms with van der Waals surface area (Å²) in [6, 6.07) is 27.0. The maximum Gasteiger partial charge on any atom is 0.253 e. The molecule has 4 nitrogen and oxygen atoms in total. The Morgan fingerprint density at radius 1 is 0.800 bits per heavy atom. The second kappa shape index (κ2) is 15.1. The summed E-state index contributed by atoms with van der Waals surface area (Å²) < 4.78 is 32.8. The van der Waals surface area contributed by atoms with Crippen molar-refractivity contribution < 1.29 is 29.9 Å². The molecule has 0 bridgehead atoms. The molecule has 0 fully saturated rings. The summed E-state index contributed by atoms with van der Waals surface area (Å²) in [4.78, 5) is 0. The Morgan fingerprint density at radius 2 is 1.49 bits per heavy atom. The number of halogens is 2. The van der Waals surface area contributed by atoms with Gasteiger partial charge >= 0.3 is 0 Å². The van der Waals surface area contributed by atoms with Gasteiger partial charge in [0.1, 0.15) is 10.8 Å². The Labute approximate surface area is 289 Å². The van der Waals surface area contributed by atoms with Gasteiger partial charge in [0.15, 0.2) is 0 Å². The molecule has 5 aromatic rings. The highest BCUT2D eigenvalue weighted by molar-refractivity contribution is 7.91. The zero-order chi connectivity index (χ0) is 31.5. The van der Waals surface area contributed by atoms with E-state index in [-0.39, 0.29) is 17.0 Å². The topological polar surface area (TPSA) is 37.4 Å². The van der Waals surface area contributed by atoms with Crippen LogP contribution >= 0.6 is 22.9 Å². The van der Waals surface area contributed by atoms with Crippen molar-refractivity contribution in [2.75, 3.05) is 26.2 Å². The van der Waals surface area contributed by atoms with Crippen LogP contribution in [0.2, 0.25) is 5.02 Å². The molecule has 0 N–H and O–H groups in total. The first-order valence-electron chi connectivity index (χ1n) is 15.6. The zero-order valence-corrected chi connectivity index (χ0v) is 30.9. The molecule has 1 heterocycles. The third-order valence-corrected chi connectivity index (χ3v) is 13.0. The average molecular weight is 728 g/mol. The van der Waals surface area contributed by atoms with Crippen molar-refractivity contribution in [3.8, 4) is 0 Å². The fraction of sp³-hybridized carbons (Fsp3) is 0.351. The predicted octanol–water partition coefficient (Wildman–Crippen LogP) is 6.67. The largest absolute Gasteiger partial charge is 1.00 e. The van der Waals surface area contributed by atoms with Crippen molar-refractivity contribution in [2.24, 2.45) is 0 Å². The number of aryl methyl sites for hydroxylation is 3. The first-order valence-corrected chi connectivity index (χ1v) is 18.3. The molecule has 4 aromatic carbocycles. The first-order chi connectivity index (χ1) is 21.0. The third kappa shape index (κ3) is 8.19. The van der Waals surface area contributed by atoms with Crippen LogP contribution in [0.25, 0.3) is 20.9 Å². The second-order valence-corrected chi connectivity index (χ2v) is 15.9. The van der Waals surface area contributed by atoms with Crippen LogP contribution in [0.4, 0.5) is 0 Å². The van der Waals surface area contributed by atoms with Crippen LogP contribution in [-0.4, -0.2) is 43.4 Å². The first kappa shape index (κ1) is 35.6. The fourth-order valence-corrected chi connectivity index (χ4v) is 10.0. The van der Waals surface area contributed by atoms with Crippen LogP contribution in [0, 0.1) is 20.8 Å². The number of unbranched alkanes of at least 4 members (excludes halogenated alkanes) is 1. The Kier molecular flexibility index (Phi) is 11.9. The minimum absolute atomic E-state index is 0. The van der Waals surface area contributed by atoms with Gasteiger partial charge in [-0.25, -0.2) is 8.42 Å². The molecule has 0 radical (unpaired) electrons. The van der Waals surface area contributed by atoms with Gasteiger partial charge in [0.05, 0.1) is 19.6 Å². The number of benzene rings is 4. The number of quaternary nitrogens is 1. The summed E-state index contributed by atoms with van der Waals surface area (Å²) in [6.07, 6.45) is 1.76. The smallest absolute Gasteiger partial charge is 0.253 e. The molecule has 0 unspecified atom stereocenters. The van der Waals surface area contributed by atoms with E-state index in [1.165, 1.54) is 28.0 Å². The van der Waals surface area contributed by atoms with Gasteiger partial charge in [0, 0.05) is 28.4 Å². The van der Waals surface area contributed by atoms with Gasteiger partial charge in [-0.05, 0) is 99.0 Å². The molecule has 0 saturated carbocycles. The molecule has 0 aliphatic heterocycles. The molecule has 0 amide bonds.